The molecule has 0 radical (unpaired) electrons. The number of carbonyl (C=O) groups excluding carboxylic acids is 1. The van der Waals surface area contributed by atoms with Crippen LogP contribution < -0.4 is 5.73 Å². The molecule has 4 nitrogen and oxygen atoms in total. The Morgan fingerprint density at radius 2 is 1.68 bits per heavy atom. The summed E-state index contributed by atoms with van der Waals surface area (Å²) in [6.45, 7) is 3.52. The van der Waals surface area contributed by atoms with Crippen LogP contribution >= 0.6 is 12.4 Å². The predicted octanol–water partition coefficient (Wildman–Crippen LogP) is 2.18. The highest BCUT2D eigenvalue weighted by molar-refractivity contribution is 5.85. The van der Waals surface area contributed by atoms with Crippen LogP contribution in [0, 0.1) is 23.7 Å². The zero-order chi connectivity index (χ0) is 15.0. The van der Waals surface area contributed by atoms with E-state index in [0.717, 1.165) is 38.8 Å². The average Bonchev–Trinajstić information content (AvgIpc) is 2.46. The molecule has 22 heavy (non-hydrogen) atoms. The first-order chi connectivity index (χ1) is 10.1. The summed E-state index contributed by atoms with van der Waals surface area (Å²) in [5.74, 6) is 2.09. The second-order valence-corrected chi connectivity index (χ2v) is 7.60. The van der Waals surface area contributed by atoms with Gasteiger partial charge in [-0.3, -0.25) is 4.79 Å². The molecule has 1 aliphatic heterocycles. The molecule has 0 aromatic carbocycles. The van der Waals surface area contributed by atoms with Crippen molar-refractivity contribution < 1.29 is 9.90 Å². The van der Waals surface area contributed by atoms with E-state index in [9.17, 15) is 9.90 Å². The summed E-state index contributed by atoms with van der Waals surface area (Å²) in [5.41, 5.74) is 6.32. The van der Waals surface area contributed by atoms with Crippen LogP contribution in [0.5, 0.6) is 0 Å². The molecule has 3 N–H and O–H groups in total. The molecule has 1 saturated heterocycles. The van der Waals surface area contributed by atoms with Crippen LogP contribution in [0.15, 0.2) is 0 Å². The topological polar surface area (TPSA) is 66.6 Å². The second-order valence-electron chi connectivity index (χ2n) is 7.60. The molecule has 3 rings (SSSR count). The summed E-state index contributed by atoms with van der Waals surface area (Å²) < 4.78 is 0. The molecule has 3 atom stereocenters. The number of hydrogen-bond acceptors (Lipinski definition) is 3. The Hall–Kier alpha value is -0.320. The fourth-order valence-electron chi connectivity index (χ4n) is 4.85. The van der Waals surface area contributed by atoms with E-state index >= 15 is 0 Å². The highest BCUT2D eigenvalue weighted by atomic mass is 35.5. The normalized spacial score (nSPS) is 37.3. The number of carbonyl (C=O) groups is 1. The molecule has 1 heterocycles. The van der Waals surface area contributed by atoms with Crippen molar-refractivity contribution in [3.63, 3.8) is 0 Å². The third-order valence-corrected chi connectivity index (χ3v) is 6.30. The van der Waals surface area contributed by atoms with Crippen molar-refractivity contribution in [2.45, 2.75) is 64.0 Å². The minimum atomic E-state index is -0.241. The van der Waals surface area contributed by atoms with Crippen molar-refractivity contribution >= 4 is 18.3 Å². The standard InChI is InChI=1S/C17H30N2O2.ClH/c1-11(20)12-5-7-19(8-6-12)17(21)15-9-13-3-2-4-14(10-15)16(13)18;/h11-16,20H,2-10,18H2,1H3;1H. The lowest BCUT2D eigenvalue weighted by molar-refractivity contribution is -0.140. The van der Waals surface area contributed by atoms with Gasteiger partial charge in [0.25, 0.3) is 0 Å². The van der Waals surface area contributed by atoms with Gasteiger partial charge in [0.15, 0.2) is 0 Å². The summed E-state index contributed by atoms with van der Waals surface area (Å²) in [4.78, 5) is 14.8. The van der Waals surface area contributed by atoms with Crippen LogP contribution in [-0.2, 0) is 4.79 Å². The number of piperidine rings is 1. The van der Waals surface area contributed by atoms with Crippen LogP contribution in [0.2, 0.25) is 0 Å². The Bertz CT molecular complexity index is 369. The Morgan fingerprint density at radius 3 is 2.18 bits per heavy atom. The summed E-state index contributed by atoms with van der Waals surface area (Å²) >= 11 is 0. The number of fused-ring (bicyclic) bond motifs is 2. The number of aliphatic hydroxyl groups excluding tert-OH is 1. The zero-order valence-corrected chi connectivity index (χ0v) is 14.4. The lowest BCUT2D eigenvalue weighted by Gasteiger charge is -2.45. The number of aliphatic hydroxyl groups is 1. The third kappa shape index (κ3) is 3.60. The molecule has 0 aromatic heterocycles. The van der Waals surface area contributed by atoms with Gasteiger partial charge in [0.05, 0.1) is 6.10 Å². The van der Waals surface area contributed by atoms with E-state index in [1.807, 2.05) is 6.92 Å². The van der Waals surface area contributed by atoms with Crippen molar-refractivity contribution in [2.24, 2.45) is 29.4 Å². The second kappa shape index (κ2) is 7.50. The number of halogens is 1. The monoisotopic (exact) mass is 330 g/mol. The molecule has 3 aliphatic rings. The van der Waals surface area contributed by atoms with Crippen molar-refractivity contribution in [1.82, 2.24) is 4.90 Å². The smallest absolute Gasteiger partial charge is 0.225 e. The molecule has 128 valence electrons. The van der Waals surface area contributed by atoms with Gasteiger partial charge >= 0.3 is 0 Å². The van der Waals surface area contributed by atoms with Crippen molar-refractivity contribution in [3.8, 4) is 0 Å². The number of rotatable bonds is 2. The summed E-state index contributed by atoms with van der Waals surface area (Å²) in [5, 5.41) is 9.67. The maximum atomic E-state index is 12.8. The fourth-order valence-corrected chi connectivity index (χ4v) is 4.85. The van der Waals surface area contributed by atoms with E-state index in [0.29, 0.717) is 29.7 Å². The Labute approximate surface area is 140 Å². The van der Waals surface area contributed by atoms with Gasteiger partial charge in [0.1, 0.15) is 0 Å². The molecule has 2 bridgehead atoms. The number of amides is 1. The van der Waals surface area contributed by atoms with Crippen LogP contribution in [0.3, 0.4) is 0 Å². The summed E-state index contributed by atoms with van der Waals surface area (Å²) in [6.07, 6.45) is 7.39. The number of nitrogens with zero attached hydrogens (tertiary/aromatic N) is 1. The van der Waals surface area contributed by atoms with Gasteiger partial charge in [-0.05, 0) is 63.2 Å². The molecule has 3 unspecified atom stereocenters. The summed E-state index contributed by atoms with van der Waals surface area (Å²) in [6, 6.07) is 0.337. The number of likely N-dealkylation sites (tertiary alicyclic amines) is 1. The van der Waals surface area contributed by atoms with Gasteiger partial charge in [0.2, 0.25) is 5.91 Å². The Kier molecular flexibility index (Phi) is 6.14. The minimum Gasteiger partial charge on any atom is -0.393 e. The first kappa shape index (κ1) is 18.0. The summed E-state index contributed by atoms with van der Waals surface area (Å²) in [7, 11) is 0. The van der Waals surface area contributed by atoms with E-state index in [2.05, 4.69) is 4.90 Å². The fraction of sp³-hybridized carbons (Fsp3) is 0.941. The Morgan fingerprint density at radius 1 is 1.14 bits per heavy atom. The van der Waals surface area contributed by atoms with Crippen LogP contribution in [0.1, 0.15) is 51.9 Å². The average molecular weight is 331 g/mol. The van der Waals surface area contributed by atoms with Gasteiger partial charge in [-0.25, -0.2) is 0 Å². The first-order valence-corrected chi connectivity index (χ1v) is 8.78. The van der Waals surface area contributed by atoms with Crippen molar-refractivity contribution in [3.05, 3.63) is 0 Å². The first-order valence-electron chi connectivity index (χ1n) is 8.78. The van der Waals surface area contributed by atoms with E-state index in [-0.39, 0.29) is 24.4 Å². The van der Waals surface area contributed by atoms with Crippen molar-refractivity contribution in [2.75, 3.05) is 13.1 Å². The lowest BCUT2D eigenvalue weighted by atomic mass is 9.65. The largest absolute Gasteiger partial charge is 0.393 e. The Balaban J connectivity index is 0.00000176. The molecule has 5 heteroatoms. The maximum Gasteiger partial charge on any atom is 0.225 e. The molecule has 3 fully saturated rings. The van der Waals surface area contributed by atoms with Crippen molar-refractivity contribution in [1.29, 1.82) is 0 Å². The molecular formula is C17H31ClN2O2. The van der Waals surface area contributed by atoms with E-state index < -0.39 is 0 Å². The minimum absolute atomic E-state index is 0. The van der Waals surface area contributed by atoms with Gasteiger partial charge in [0, 0.05) is 25.0 Å². The molecular weight excluding hydrogens is 300 g/mol. The van der Waals surface area contributed by atoms with Gasteiger partial charge in [-0.2, -0.15) is 0 Å². The highest BCUT2D eigenvalue weighted by Gasteiger charge is 2.42. The molecule has 2 saturated carbocycles. The molecule has 2 aliphatic carbocycles. The molecule has 0 aromatic rings. The third-order valence-electron chi connectivity index (χ3n) is 6.30. The van der Waals surface area contributed by atoms with E-state index in [1.54, 1.807) is 0 Å². The quantitative estimate of drug-likeness (QED) is 0.815. The zero-order valence-electron chi connectivity index (χ0n) is 13.6. The van der Waals surface area contributed by atoms with Crippen LogP contribution in [-0.4, -0.2) is 41.1 Å². The number of hydrogen-bond donors (Lipinski definition) is 2. The van der Waals surface area contributed by atoms with E-state index in [4.69, 9.17) is 5.73 Å². The van der Waals surface area contributed by atoms with Gasteiger partial charge in [-0.15, -0.1) is 12.4 Å². The van der Waals surface area contributed by atoms with Crippen LogP contribution in [0.25, 0.3) is 0 Å². The van der Waals surface area contributed by atoms with Gasteiger partial charge < -0.3 is 15.7 Å². The van der Waals surface area contributed by atoms with Crippen LogP contribution in [0.4, 0.5) is 0 Å². The van der Waals surface area contributed by atoms with E-state index in [1.165, 1.54) is 19.3 Å². The molecule has 1 amide bonds. The lowest BCUT2D eigenvalue weighted by Crippen LogP contribution is -2.51. The van der Waals surface area contributed by atoms with Gasteiger partial charge in [-0.1, -0.05) is 6.42 Å². The molecule has 0 spiro atoms. The predicted molar refractivity (Wildman–Crippen MR) is 89.8 cm³/mol. The maximum absolute atomic E-state index is 12.8. The SMILES string of the molecule is CC(O)C1CCN(C(=O)C2CC3CCCC(C2)C3N)CC1.Cl. The highest BCUT2D eigenvalue weighted by Crippen LogP contribution is 2.42. The number of nitrogens with two attached hydrogens (primary N) is 1.